The largest absolute Gasteiger partial charge is 0.352 e. The molecule has 1 aromatic carbocycles. The van der Waals surface area contributed by atoms with Crippen molar-refractivity contribution in [3.63, 3.8) is 0 Å². The van der Waals surface area contributed by atoms with Gasteiger partial charge in [-0.05, 0) is 42.5 Å². The molecule has 1 amide bonds. The second-order valence-corrected chi connectivity index (χ2v) is 10.3. The van der Waals surface area contributed by atoms with E-state index in [2.05, 4.69) is 25.6 Å². The number of fused-ring (bicyclic) bond motifs is 3. The molecule has 0 fully saturated rings. The molecule has 3 heterocycles. The van der Waals surface area contributed by atoms with E-state index >= 15 is 0 Å². The van der Waals surface area contributed by atoms with Crippen molar-refractivity contribution in [2.45, 2.75) is 44.5 Å². The van der Waals surface area contributed by atoms with E-state index in [1.54, 1.807) is 34.0 Å². The van der Waals surface area contributed by atoms with E-state index in [1.165, 1.54) is 10.4 Å². The topological polar surface area (TPSA) is 132 Å². The van der Waals surface area contributed by atoms with Crippen LogP contribution in [0.4, 0.5) is 0 Å². The number of benzene rings is 1. The molecule has 0 aliphatic heterocycles. The van der Waals surface area contributed by atoms with Gasteiger partial charge in [0.2, 0.25) is 5.91 Å². The molecule has 0 unspecified atom stereocenters. The highest BCUT2D eigenvalue weighted by Crippen LogP contribution is 2.34. The van der Waals surface area contributed by atoms with Crippen LogP contribution in [0.25, 0.3) is 15.9 Å². The molecule has 4 aromatic rings. The van der Waals surface area contributed by atoms with Crippen molar-refractivity contribution in [3.8, 4) is 5.69 Å². The van der Waals surface area contributed by atoms with Crippen LogP contribution in [0.5, 0.6) is 0 Å². The van der Waals surface area contributed by atoms with Crippen LogP contribution >= 0.6 is 23.1 Å². The molecule has 0 bridgehead atoms. The van der Waals surface area contributed by atoms with Gasteiger partial charge in [-0.2, -0.15) is 11.8 Å². The highest BCUT2D eigenvalue weighted by atomic mass is 32.2. The summed E-state index contributed by atoms with van der Waals surface area (Å²) in [6.45, 7) is 0.773. The molecule has 0 atom stereocenters. The SMILES string of the molecule is NCc1cn(-c2cccc(CNC(=O)CCSCc3nc4sc5c(c4c(=O)[nH]3)CCC5)c2)nn1. The van der Waals surface area contributed by atoms with Gasteiger partial charge < -0.3 is 16.0 Å². The number of aromatic amines is 1. The second kappa shape index (κ2) is 10.1. The lowest BCUT2D eigenvalue weighted by Gasteiger charge is -2.07. The summed E-state index contributed by atoms with van der Waals surface area (Å²) in [4.78, 5) is 34.6. The zero-order valence-electron chi connectivity index (χ0n) is 18.5. The maximum Gasteiger partial charge on any atom is 0.259 e. The van der Waals surface area contributed by atoms with Gasteiger partial charge in [0.15, 0.2) is 0 Å². The summed E-state index contributed by atoms with van der Waals surface area (Å²) in [7, 11) is 0. The molecule has 0 saturated carbocycles. The van der Waals surface area contributed by atoms with Crippen molar-refractivity contribution in [2.24, 2.45) is 5.73 Å². The first kappa shape index (κ1) is 22.8. The number of nitrogens with one attached hydrogen (secondary N) is 2. The van der Waals surface area contributed by atoms with Gasteiger partial charge in [-0.15, -0.1) is 16.4 Å². The van der Waals surface area contributed by atoms with Gasteiger partial charge in [0.05, 0.1) is 28.7 Å². The second-order valence-electron chi connectivity index (χ2n) is 8.16. The highest BCUT2D eigenvalue weighted by Gasteiger charge is 2.21. The summed E-state index contributed by atoms with van der Waals surface area (Å²) in [6, 6.07) is 7.76. The fraction of sp³-hybridized carbons (Fsp3) is 0.348. The summed E-state index contributed by atoms with van der Waals surface area (Å²) in [6.07, 6.45) is 5.34. The standard InChI is InChI=1S/C23H25N7O2S2/c24-10-15-12-30(29-28-15)16-4-1-3-14(9-16)11-25-20(31)7-8-33-13-19-26-22(32)21-17-5-2-6-18(17)34-23(21)27-19/h1,3-4,9,12H,2,5-8,10-11,13,24H2,(H,25,31)(H,26,27,32). The average Bonchev–Trinajstić information content (AvgIpc) is 3.56. The fourth-order valence-corrected chi connectivity index (χ4v) is 6.15. The predicted octanol–water partition coefficient (Wildman–Crippen LogP) is 2.45. The minimum Gasteiger partial charge on any atom is -0.352 e. The van der Waals surface area contributed by atoms with Crippen LogP contribution in [0, 0.1) is 0 Å². The third-order valence-corrected chi connectivity index (χ3v) is 7.91. The third kappa shape index (κ3) is 4.91. The van der Waals surface area contributed by atoms with Gasteiger partial charge in [-0.25, -0.2) is 9.67 Å². The first-order chi connectivity index (χ1) is 16.6. The molecule has 0 spiro atoms. The maximum absolute atomic E-state index is 12.5. The molecule has 1 aliphatic rings. The predicted molar refractivity (Wildman–Crippen MR) is 134 cm³/mol. The van der Waals surface area contributed by atoms with Gasteiger partial charge in [-0.1, -0.05) is 17.3 Å². The minimum atomic E-state index is -0.0369. The number of hydrogen-bond donors (Lipinski definition) is 3. The first-order valence-electron chi connectivity index (χ1n) is 11.2. The molecule has 0 saturated heterocycles. The smallest absolute Gasteiger partial charge is 0.259 e. The number of nitrogens with zero attached hydrogens (tertiary/aromatic N) is 4. The maximum atomic E-state index is 12.5. The number of nitrogens with two attached hydrogens (primary N) is 1. The van der Waals surface area contributed by atoms with Crippen LogP contribution in [0.1, 0.15) is 40.4 Å². The number of rotatable bonds is 9. The molecule has 5 rings (SSSR count). The Kier molecular flexibility index (Phi) is 6.75. The summed E-state index contributed by atoms with van der Waals surface area (Å²) >= 11 is 3.24. The quantitative estimate of drug-likeness (QED) is 0.304. The van der Waals surface area contributed by atoms with Gasteiger partial charge in [0.25, 0.3) is 5.56 Å². The molecule has 176 valence electrons. The zero-order valence-corrected chi connectivity index (χ0v) is 20.2. The van der Waals surface area contributed by atoms with Gasteiger partial charge in [-0.3, -0.25) is 9.59 Å². The molecular formula is C23H25N7O2S2. The number of carbonyl (C=O) groups is 1. The van der Waals surface area contributed by atoms with Crippen molar-refractivity contribution in [2.75, 3.05) is 5.75 Å². The van der Waals surface area contributed by atoms with E-state index in [0.717, 1.165) is 46.4 Å². The number of carbonyl (C=O) groups excluding carboxylic acids is 1. The lowest BCUT2D eigenvalue weighted by atomic mass is 10.2. The minimum absolute atomic E-state index is 0.0179. The van der Waals surface area contributed by atoms with E-state index in [4.69, 9.17) is 5.73 Å². The Balaban J connectivity index is 1.09. The Morgan fingerprint density at radius 2 is 2.24 bits per heavy atom. The monoisotopic (exact) mass is 495 g/mol. The van der Waals surface area contributed by atoms with Gasteiger partial charge >= 0.3 is 0 Å². The molecule has 11 heteroatoms. The Hall–Kier alpha value is -3.02. The van der Waals surface area contributed by atoms with Gasteiger partial charge in [0, 0.05) is 30.1 Å². The zero-order chi connectivity index (χ0) is 23.5. The van der Waals surface area contributed by atoms with Crippen molar-refractivity contribution in [3.05, 3.63) is 68.3 Å². The normalized spacial score (nSPS) is 12.9. The van der Waals surface area contributed by atoms with Crippen LogP contribution in [-0.2, 0) is 36.5 Å². The van der Waals surface area contributed by atoms with Crippen molar-refractivity contribution in [1.29, 1.82) is 0 Å². The first-order valence-corrected chi connectivity index (χ1v) is 13.2. The van der Waals surface area contributed by atoms with Crippen molar-refractivity contribution >= 4 is 39.2 Å². The van der Waals surface area contributed by atoms with Crippen molar-refractivity contribution in [1.82, 2.24) is 30.3 Å². The Morgan fingerprint density at radius 3 is 3.09 bits per heavy atom. The van der Waals surface area contributed by atoms with E-state index in [-0.39, 0.29) is 11.5 Å². The van der Waals surface area contributed by atoms with E-state index < -0.39 is 0 Å². The van der Waals surface area contributed by atoms with Crippen LogP contribution < -0.4 is 16.6 Å². The number of H-pyrrole nitrogens is 1. The Labute approximate surface area is 204 Å². The molecule has 34 heavy (non-hydrogen) atoms. The number of thiophene rings is 1. The van der Waals surface area contributed by atoms with E-state index in [9.17, 15) is 9.59 Å². The van der Waals surface area contributed by atoms with E-state index in [0.29, 0.717) is 36.8 Å². The fourth-order valence-electron chi connectivity index (χ4n) is 4.07. The average molecular weight is 496 g/mol. The number of aromatic nitrogens is 5. The summed E-state index contributed by atoms with van der Waals surface area (Å²) in [5.74, 6) is 1.88. The van der Waals surface area contributed by atoms with Gasteiger partial charge in [0.1, 0.15) is 10.7 Å². The number of hydrogen-bond acceptors (Lipinski definition) is 8. The summed E-state index contributed by atoms with van der Waals surface area (Å²) in [5.41, 5.74) is 9.30. The molecule has 1 aliphatic carbocycles. The highest BCUT2D eigenvalue weighted by molar-refractivity contribution is 7.98. The third-order valence-electron chi connectivity index (χ3n) is 5.75. The molecule has 3 aromatic heterocycles. The van der Waals surface area contributed by atoms with Crippen LogP contribution in [0.3, 0.4) is 0 Å². The summed E-state index contributed by atoms with van der Waals surface area (Å²) in [5, 5.41) is 11.8. The van der Waals surface area contributed by atoms with Crippen LogP contribution in [0.2, 0.25) is 0 Å². The summed E-state index contributed by atoms with van der Waals surface area (Å²) < 4.78 is 1.67. The lowest BCUT2D eigenvalue weighted by molar-refractivity contribution is -0.120. The number of amides is 1. The van der Waals surface area contributed by atoms with Crippen molar-refractivity contribution < 1.29 is 4.79 Å². The lowest BCUT2D eigenvalue weighted by Crippen LogP contribution is -2.23. The molecule has 9 nitrogen and oxygen atoms in total. The molecular weight excluding hydrogens is 470 g/mol. The molecule has 4 N–H and O–H groups in total. The Morgan fingerprint density at radius 1 is 1.32 bits per heavy atom. The van der Waals surface area contributed by atoms with E-state index in [1.807, 2.05) is 24.3 Å². The van der Waals surface area contributed by atoms with Crippen LogP contribution in [0.15, 0.2) is 35.3 Å². The number of thioether (sulfide) groups is 1. The Bertz CT molecular complexity index is 1390. The number of aryl methyl sites for hydroxylation is 2. The van der Waals surface area contributed by atoms with Crippen LogP contribution in [-0.4, -0.2) is 36.6 Å². The molecule has 0 radical (unpaired) electrons.